The third-order valence-corrected chi connectivity index (χ3v) is 4.55. The summed E-state index contributed by atoms with van der Waals surface area (Å²) in [6, 6.07) is 4.93. The molecule has 0 atom stereocenters. The highest BCUT2D eigenvalue weighted by molar-refractivity contribution is 5.79. The molecular formula is C18H18F2N4O. The molecule has 5 nitrogen and oxygen atoms in total. The Morgan fingerprint density at radius 3 is 2.68 bits per heavy atom. The zero-order chi connectivity index (χ0) is 17.6. The summed E-state index contributed by atoms with van der Waals surface area (Å²) in [4.78, 5) is 6.33. The van der Waals surface area contributed by atoms with Crippen molar-refractivity contribution < 1.29 is 13.5 Å². The highest BCUT2D eigenvalue weighted by atomic mass is 19.1. The fraction of sp³-hybridized carbons (Fsp3) is 0.278. The Morgan fingerprint density at radius 2 is 1.92 bits per heavy atom. The van der Waals surface area contributed by atoms with Crippen molar-refractivity contribution in [3.8, 4) is 11.1 Å². The van der Waals surface area contributed by atoms with Gasteiger partial charge in [-0.05, 0) is 36.2 Å². The van der Waals surface area contributed by atoms with E-state index in [4.69, 9.17) is 10.5 Å². The van der Waals surface area contributed by atoms with Gasteiger partial charge in [-0.2, -0.15) is 4.39 Å². The minimum Gasteiger partial charge on any atom is -0.396 e. The number of morpholine rings is 1. The predicted molar refractivity (Wildman–Crippen MR) is 92.7 cm³/mol. The van der Waals surface area contributed by atoms with Crippen molar-refractivity contribution in [1.29, 1.82) is 0 Å². The first kappa shape index (κ1) is 15.8. The van der Waals surface area contributed by atoms with Crippen molar-refractivity contribution in [3.05, 3.63) is 47.9 Å². The second kappa shape index (κ2) is 6.00. The Morgan fingerprint density at radius 1 is 1.16 bits per heavy atom. The average molecular weight is 344 g/mol. The van der Waals surface area contributed by atoms with Gasteiger partial charge in [0.1, 0.15) is 5.82 Å². The van der Waals surface area contributed by atoms with Crippen molar-refractivity contribution in [2.24, 2.45) is 0 Å². The zero-order valence-electron chi connectivity index (χ0n) is 13.8. The van der Waals surface area contributed by atoms with Crippen LogP contribution in [0.3, 0.4) is 0 Å². The van der Waals surface area contributed by atoms with E-state index < -0.39 is 11.8 Å². The van der Waals surface area contributed by atoms with E-state index in [1.54, 1.807) is 19.2 Å². The molecule has 25 heavy (non-hydrogen) atoms. The lowest BCUT2D eigenvalue weighted by Crippen LogP contribution is -2.36. The van der Waals surface area contributed by atoms with E-state index >= 15 is 0 Å². The molecule has 1 aromatic carbocycles. The predicted octanol–water partition coefficient (Wildman–Crippen LogP) is 3.01. The fourth-order valence-electron chi connectivity index (χ4n) is 3.23. The van der Waals surface area contributed by atoms with E-state index in [2.05, 4.69) is 9.88 Å². The van der Waals surface area contributed by atoms with Crippen LogP contribution in [0.25, 0.3) is 16.8 Å². The van der Waals surface area contributed by atoms with Crippen LogP contribution in [-0.4, -0.2) is 35.7 Å². The number of aryl methyl sites for hydroxylation is 1. The van der Waals surface area contributed by atoms with Crippen LogP contribution >= 0.6 is 0 Å². The number of aromatic nitrogens is 2. The molecule has 3 aromatic rings. The summed E-state index contributed by atoms with van der Waals surface area (Å²) in [5, 5.41) is 0. The molecule has 1 fully saturated rings. The lowest BCUT2D eigenvalue weighted by Gasteiger charge is -2.29. The minimum absolute atomic E-state index is 0.0692. The average Bonchev–Trinajstić information content (AvgIpc) is 2.99. The first-order chi connectivity index (χ1) is 12.0. The summed E-state index contributed by atoms with van der Waals surface area (Å²) in [7, 11) is 0. The van der Waals surface area contributed by atoms with Gasteiger partial charge >= 0.3 is 0 Å². The zero-order valence-corrected chi connectivity index (χ0v) is 13.8. The number of pyridine rings is 1. The molecule has 0 radical (unpaired) electrons. The van der Waals surface area contributed by atoms with E-state index in [1.807, 2.05) is 6.07 Å². The number of benzene rings is 1. The molecule has 0 unspecified atom stereocenters. The van der Waals surface area contributed by atoms with E-state index in [-0.39, 0.29) is 5.69 Å². The Balaban J connectivity index is 1.93. The Bertz CT molecular complexity index is 948. The lowest BCUT2D eigenvalue weighted by atomic mass is 10.0. The molecule has 2 aromatic heterocycles. The van der Waals surface area contributed by atoms with Crippen LogP contribution in [0.1, 0.15) is 5.56 Å². The smallest absolute Gasteiger partial charge is 0.217 e. The van der Waals surface area contributed by atoms with Gasteiger partial charge in [0.25, 0.3) is 0 Å². The standard InChI is InChI=1S/C18H18F2N4O/c1-11-6-14(19)15(21)8-13(11)12-7-16(23-2-4-25-5-3-23)18-22-9-17(20)24(18)10-12/h6-10H,2-5,21H2,1H3. The number of fused-ring (bicyclic) bond motifs is 1. The molecule has 0 saturated carbocycles. The number of hydrogen-bond acceptors (Lipinski definition) is 4. The molecule has 0 spiro atoms. The number of rotatable bonds is 2. The van der Waals surface area contributed by atoms with Gasteiger partial charge in [0, 0.05) is 24.8 Å². The number of halogens is 2. The van der Waals surface area contributed by atoms with E-state index in [0.717, 1.165) is 22.4 Å². The topological polar surface area (TPSA) is 55.8 Å². The van der Waals surface area contributed by atoms with E-state index in [9.17, 15) is 8.78 Å². The molecule has 3 heterocycles. The summed E-state index contributed by atoms with van der Waals surface area (Å²) in [5.41, 5.74) is 9.44. The van der Waals surface area contributed by atoms with Crippen molar-refractivity contribution in [3.63, 3.8) is 0 Å². The fourth-order valence-corrected chi connectivity index (χ4v) is 3.23. The molecule has 130 valence electrons. The van der Waals surface area contributed by atoms with Crippen molar-refractivity contribution in [2.45, 2.75) is 6.92 Å². The van der Waals surface area contributed by atoms with Crippen LogP contribution < -0.4 is 10.6 Å². The van der Waals surface area contributed by atoms with Crippen LogP contribution in [0.15, 0.2) is 30.6 Å². The Labute approximate surface area is 143 Å². The second-order valence-electron chi connectivity index (χ2n) is 6.18. The van der Waals surface area contributed by atoms with Gasteiger partial charge < -0.3 is 15.4 Å². The molecule has 7 heteroatoms. The second-order valence-corrected chi connectivity index (χ2v) is 6.18. The van der Waals surface area contributed by atoms with Crippen LogP contribution in [0.4, 0.5) is 20.2 Å². The van der Waals surface area contributed by atoms with Gasteiger partial charge in [0.2, 0.25) is 5.95 Å². The third-order valence-electron chi connectivity index (χ3n) is 4.55. The SMILES string of the molecule is Cc1cc(F)c(N)cc1-c1cc(N2CCOCC2)c2ncc(F)n2c1. The number of imidazole rings is 1. The monoisotopic (exact) mass is 344 g/mol. The number of ether oxygens (including phenoxy) is 1. The summed E-state index contributed by atoms with van der Waals surface area (Å²) >= 11 is 0. The van der Waals surface area contributed by atoms with E-state index in [1.165, 1.54) is 16.7 Å². The van der Waals surface area contributed by atoms with Crippen LogP contribution in [-0.2, 0) is 4.74 Å². The molecule has 0 amide bonds. The largest absolute Gasteiger partial charge is 0.396 e. The number of nitrogens with two attached hydrogens (primary N) is 1. The quantitative estimate of drug-likeness (QED) is 0.726. The van der Waals surface area contributed by atoms with Gasteiger partial charge in [-0.15, -0.1) is 0 Å². The highest BCUT2D eigenvalue weighted by Crippen LogP contribution is 2.33. The number of nitrogen functional groups attached to an aromatic ring is 1. The minimum atomic E-state index is -0.454. The van der Waals surface area contributed by atoms with Crippen LogP contribution in [0, 0.1) is 18.7 Å². The van der Waals surface area contributed by atoms with Crippen molar-refractivity contribution in [2.75, 3.05) is 36.9 Å². The molecule has 0 aliphatic carbocycles. The summed E-state index contributed by atoms with van der Waals surface area (Å²) in [5.74, 6) is -0.899. The van der Waals surface area contributed by atoms with E-state index in [0.29, 0.717) is 32.0 Å². The molecule has 4 rings (SSSR count). The Kier molecular flexibility index (Phi) is 3.80. The van der Waals surface area contributed by atoms with Gasteiger partial charge in [0.15, 0.2) is 5.65 Å². The summed E-state index contributed by atoms with van der Waals surface area (Å²) in [6.45, 7) is 4.45. The van der Waals surface area contributed by atoms with Gasteiger partial charge in [-0.1, -0.05) is 0 Å². The maximum Gasteiger partial charge on any atom is 0.217 e. The maximum absolute atomic E-state index is 14.2. The van der Waals surface area contributed by atoms with Gasteiger partial charge in [0.05, 0.1) is 30.8 Å². The number of hydrogen-bond donors (Lipinski definition) is 1. The van der Waals surface area contributed by atoms with Gasteiger partial charge in [-0.25, -0.2) is 9.37 Å². The van der Waals surface area contributed by atoms with Crippen LogP contribution in [0.2, 0.25) is 0 Å². The van der Waals surface area contributed by atoms with Crippen molar-refractivity contribution >= 4 is 17.0 Å². The molecule has 1 saturated heterocycles. The normalized spacial score (nSPS) is 15.1. The third kappa shape index (κ3) is 2.70. The molecule has 1 aliphatic heterocycles. The van der Waals surface area contributed by atoms with Crippen LogP contribution in [0.5, 0.6) is 0 Å². The first-order valence-corrected chi connectivity index (χ1v) is 8.10. The Hall–Kier alpha value is -2.67. The summed E-state index contributed by atoms with van der Waals surface area (Å²) in [6.07, 6.45) is 2.87. The molecule has 2 N–H and O–H groups in total. The maximum atomic E-state index is 14.2. The van der Waals surface area contributed by atoms with Gasteiger partial charge in [-0.3, -0.25) is 4.40 Å². The lowest BCUT2D eigenvalue weighted by molar-refractivity contribution is 0.123. The summed E-state index contributed by atoms with van der Waals surface area (Å²) < 4.78 is 34.7. The first-order valence-electron chi connectivity index (χ1n) is 8.10. The molecule has 1 aliphatic rings. The van der Waals surface area contributed by atoms with Crippen molar-refractivity contribution in [1.82, 2.24) is 9.38 Å². The molecular weight excluding hydrogens is 326 g/mol. The molecule has 0 bridgehead atoms. The number of anilines is 2. The highest BCUT2D eigenvalue weighted by Gasteiger charge is 2.19. The number of nitrogens with zero attached hydrogens (tertiary/aromatic N) is 3.